The summed E-state index contributed by atoms with van der Waals surface area (Å²) in [5.41, 5.74) is 1.87. The zero-order chi connectivity index (χ0) is 19.6. The summed E-state index contributed by atoms with van der Waals surface area (Å²) in [5, 5.41) is 7.30. The Morgan fingerprint density at radius 1 is 1.19 bits per heavy atom. The van der Waals surface area contributed by atoms with Gasteiger partial charge in [-0.05, 0) is 14.0 Å². The second-order valence-electron chi connectivity index (χ2n) is 7.36. The number of aryl methyl sites for hydroxylation is 2. The fourth-order valence-electron chi connectivity index (χ4n) is 3.36. The van der Waals surface area contributed by atoms with Crippen LogP contribution in [-0.4, -0.2) is 63.8 Å². The van der Waals surface area contributed by atoms with Crippen LogP contribution in [0, 0.1) is 6.92 Å². The first-order chi connectivity index (χ1) is 12.9. The van der Waals surface area contributed by atoms with Crippen molar-refractivity contribution in [3.05, 3.63) is 35.5 Å². The third-order valence-electron chi connectivity index (χ3n) is 4.88. The van der Waals surface area contributed by atoms with E-state index in [0.29, 0.717) is 19.0 Å². The molecule has 1 unspecified atom stereocenters. The number of carbonyl (C=O) groups is 1. The van der Waals surface area contributed by atoms with E-state index in [9.17, 15) is 4.79 Å². The maximum Gasteiger partial charge on any atom is 0.244 e. The van der Waals surface area contributed by atoms with Crippen molar-refractivity contribution >= 4 is 11.7 Å². The Balaban J connectivity index is 1.67. The van der Waals surface area contributed by atoms with E-state index in [2.05, 4.69) is 34.1 Å². The van der Waals surface area contributed by atoms with E-state index in [1.807, 2.05) is 38.2 Å². The Labute approximate surface area is 160 Å². The average molecular weight is 371 g/mol. The quantitative estimate of drug-likeness (QED) is 0.852. The molecule has 8 nitrogen and oxygen atoms in total. The van der Waals surface area contributed by atoms with Gasteiger partial charge < -0.3 is 15.1 Å². The molecule has 0 aliphatic carbocycles. The Morgan fingerprint density at radius 2 is 1.89 bits per heavy atom. The number of piperazine rings is 1. The SMILES string of the molecule is CNC(C(=O)N1CCN(c2cc(C)nc(C(C)C)n2)CC1)c1cnn(C)c1. The molecule has 1 amide bonds. The van der Waals surface area contributed by atoms with Crippen LogP contribution in [0.15, 0.2) is 18.5 Å². The van der Waals surface area contributed by atoms with Crippen LogP contribution in [0.4, 0.5) is 5.82 Å². The van der Waals surface area contributed by atoms with Gasteiger partial charge in [-0.2, -0.15) is 5.10 Å². The van der Waals surface area contributed by atoms with Gasteiger partial charge in [0, 0.05) is 62.7 Å². The van der Waals surface area contributed by atoms with E-state index in [0.717, 1.165) is 36.0 Å². The summed E-state index contributed by atoms with van der Waals surface area (Å²) in [5.74, 6) is 2.21. The van der Waals surface area contributed by atoms with Gasteiger partial charge in [-0.3, -0.25) is 9.48 Å². The van der Waals surface area contributed by atoms with Gasteiger partial charge in [-0.15, -0.1) is 0 Å². The number of aromatic nitrogens is 4. The second-order valence-corrected chi connectivity index (χ2v) is 7.36. The molecule has 2 aromatic rings. The molecular formula is C19H29N7O. The second kappa shape index (κ2) is 8.04. The fraction of sp³-hybridized carbons (Fsp3) is 0.579. The number of hydrogen-bond acceptors (Lipinski definition) is 6. The standard InChI is InChI=1S/C19H29N7O/c1-13(2)18-22-14(3)10-16(23-18)25-6-8-26(9-7-25)19(27)17(20-4)15-11-21-24(5)12-15/h10-13,17,20H,6-9H2,1-5H3. The topological polar surface area (TPSA) is 79.2 Å². The van der Waals surface area contributed by atoms with Gasteiger partial charge in [0.15, 0.2) is 0 Å². The molecule has 3 rings (SSSR count). The zero-order valence-electron chi connectivity index (χ0n) is 16.8. The van der Waals surface area contributed by atoms with Crippen molar-refractivity contribution in [1.29, 1.82) is 0 Å². The molecule has 27 heavy (non-hydrogen) atoms. The number of anilines is 1. The summed E-state index contributed by atoms with van der Waals surface area (Å²) in [6.07, 6.45) is 3.62. The molecule has 1 N–H and O–H groups in total. The first-order valence-electron chi connectivity index (χ1n) is 9.44. The van der Waals surface area contributed by atoms with Crippen molar-refractivity contribution in [1.82, 2.24) is 30.0 Å². The summed E-state index contributed by atoms with van der Waals surface area (Å²) < 4.78 is 1.72. The first kappa shape index (κ1) is 19.3. The highest BCUT2D eigenvalue weighted by Crippen LogP contribution is 2.20. The monoisotopic (exact) mass is 371 g/mol. The van der Waals surface area contributed by atoms with Crippen LogP contribution in [0.3, 0.4) is 0 Å². The molecule has 1 atom stereocenters. The summed E-state index contributed by atoms with van der Waals surface area (Å²) >= 11 is 0. The minimum atomic E-state index is -0.362. The molecule has 2 aromatic heterocycles. The van der Waals surface area contributed by atoms with Crippen LogP contribution in [0.25, 0.3) is 0 Å². The molecule has 1 aliphatic heterocycles. The predicted molar refractivity (Wildman–Crippen MR) is 105 cm³/mol. The lowest BCUT2D eigenvalue weighted by atomic mass is 10.1. The number of hydrogen-bond donors (Lipinski definition) is 1. The molecule has 8 heteroatoms. The van der Waals surface area contributed by atoms with Crippen LogP contribution in [0.2, 0.25) is 0 Å². The number of nitrogens with one attached hydrogen (secondary N) is 1. The van der Waals surface area contributed by atoms with Crippen LogP contribution in [-0.2, 0) is 11.8 Å². The van der Waals surface area contributed by atoms with Crippen LogP contribution >= 0.6 is 0 Å². The molecule has 0 spiro atoms. The maximum atomic E-state index is 13.0. The Kier molecular flexibility index (Phi) is 5.74. The average Bonchev–Trinajstić information content (AvgIpc) is 3.08. The van der Waals surface area contributed by atoms with Crippen LogP contribution < -0.4 is 10.2 Å². The van der Waals surface area contributed by atoms with Crippen molar-refractivity contribution < 1.29 is 4.79 Å². The van der Waals surface area contributed by atoms with Gasteiger partial charge in [0.1, 0.15) is 17.7 Å². The van der Waals surface area contributed by atoms with E-state index >= 15 is 0 Å². The predicted octanol–water partition coefficient (Wildman–Crippen LogP) is 1.25. The van der Waals surface area contributed by atoms with Crippen molar-refractivity contribution in [2.45, 2.75) is 32.7 Å². The molecular weight excluding hydrogens is 342 g/mol. The van der Waals surface area contributed by atoms with Crippen molar-refractivity contribution in [3.8, 4) is 0 Å². The number of nitrogens with zero attached hydrogens (tertiary/aromatic N) is 6. The van der Waals surface area contributed by atoms with E-state index in [4.69, 9.17) is 4.98 Å². The number of amides is 1. The smallest absolute Gasteiger partial charge is 0.244 e. The Morgan fingerprint density at radius 3 is 2.44 bits per heavy atom. The number of likely N-dealkylation sites (N-methyl/N-ethyl adjacent to an activating group) is 1. The molecule has 1 aliphatic rings. The van der Waals surface area contributed by atoms with Gasteiger partial charge >= 0.3 is 0 Å². The summed E-state index contributed by atoms with van der Waals surface area (Å²) in [6, 6.07) is 1.66. The summed E-state index contributed by atoms with van der Waals surface area (Å²) in [4.78, 5) is 26.4. The molecule has 0 saturated carbocycles. The molecule has 3 heterocycles. The lowest BCUT2D eigenvalue weighted by molar-refractivity contribution is -0.133. The van der Waals surface area contributed by atoms with E-state index in [1.165, 1.54) is 0 Å². The Bertz CT molecular complexity index is 793. The summed E-state index contributed by atoms with van der Waals surface area (Å²) in [7, 11) is 3.66. The van der Waals surface area contributed by atoms with E-state index in [-0.39, 0.29) is 11.9 Å². The minimum Gasteiger partial charge on any atom is -0.353 e. The van der Waals surface area contributed by atoms with Gasteiger partial charge in [0.05, 0.1) is 6.20 Å². The normalized spacial score (nSPS) is 16.1. The van der Waals surface area contributed by atoms with Gasteiger partial charge in [-0.25, -0.2) is 9.97 Å². The van der Waals surface area contributed by atoms with E-state index < -0.39 is 0 Å². The van der Waals surface area contributed by atoms with Crippen molar-refractivity contribution in [2.75, 3.05) is 38.1 Å². The molecule has 1 fully saturated rings. The largest absolute Gasteiger partial charge is 0.353 e. The maximum absolute atomic E-state index is 13.0. The lowest BCUT2D eigenvalue weighted by Crippen LogP contribution is -2.51. The molecule has 1 saturated heterocycles. The molecule has 0 aromatic carbocycles. The van der Waals surface area contributed by atoms with Crippen LogP contribution in [0.5, 0.6) is 0 Å². The lowest BCUT2D eigenvalue weighted by Gasteiger charge is -2.37. The first-order valence-corrected chi connectivity index (χ1v) is 9.44. The highest BCUT2D eigenvalue weighted by Gasteiger charge is 2.29. The van der Waals surface area contributed by atoms with Gasteiger partial charge in [-0.1, -0.05) is 13.8 Å². The number of rotatable bonds is 5. The molecule has 146 valence electrons. The van der Waals surface area contributed by atoms with Gasteiger partial charge in [0.25, 0.3) is 0 Å². The summed E-state index contributed by atoms with van der Waals surface area (Å²) in [6.45, 7) is 9.10. The van der Waals surface area contributed by atoms with Crippen molar-refractivity contribution in [3.63, 3.8) is 0 Å². The minimum absolute atomic E-state index is 0.0897. The van der Waals surface area contributed by atoms with E-state index in [1.54, 1.807) is 10.9 Å². The highest BCUT2D eigenvalue weighted by atomic mass is 16.2. The van der Waals surface area contributed by atoms with Gasteiger partial charge in [0.2, 0.25) is 5.91 Å². The van der Waals surface area contributed by atoms with Crippen LogP contribution in [0.1, 0.15) is 42.9 Å². The number of carbonyl (C=O) groups excluding carboxylic acids is 1. The molecule has 0 bridgehead atoms. The van der Waals surface area contributed by atoms with Crippen molar-refractivity contribution in [2.24, 2.45) is 7.05 Å². The third kappa shape index (κ3) is 4.27. The zero-order valence-corrected chi connectivity index (χ0v) is 16.8. The Hall–Kier alpha value is -2.48. The third-order valence-corrected chi connectivity index (χ3v) is 4.88. The fourth-order valence-corrected chi connectivity index (χ4v) is 3.36. The molecule has 0 radical (unpaired) electrons. The highest BCUT2D eigenvalue weighted by molar-refractivity contribution is 5.83.